The fourth-order valence-electron chi connectivity index (χ4n) is 2.16. The first-order valence-electron chi connectivity index (χ1n) is 5.52. The Hall–Kier alpha value is -1.56. The number of aliphatic hydroxyl groups is 1. The van der Waals surface area contributed by atoms with E-state index in [-0.39, 0.29) is 24.1 Å². The van der Waals surface area contributed by atoms with Gasteiger partial charge in [-0.25, -0.2) is 0 Å². The fourth-order valence-corrected chi connectivity index (χ4v) is 2.16. The van der Waals surface area contributed by atoms with Crippen LogP contribution in [0.25, 0.3) is 0 Å². The van der Waals surface area contributed by atoms with Crippen molar-refractivity contribution in [2.75, 3.05) is 18.0 Å². The van der Waals surface area contributed by atoms with Gasteiger partial charge in [0.15, 0.2) is 6.29 Å². The molecule has 1 saturated heterocycles. The first-order valence-corrected chi connectivity index (χ1v) is 5.52. The van der Waals surface area contributed by atoms with Crippen LogP contribution < -0.4 is 4.90 Å². The third-order valence-electron chi connectivity index (χ3n) is 3.01. The van der Waals surface area contributed by atoms with Gasteiger partial charge in [-0.2, -0.15) is 13.2 Å². The highest BCUT2D eigenvalue weighted by molar-refractivity contribution is 5.87. The third kappa shape index (κ3) is 2.33. The van der Waals surface area contributed by atoms with Crippen LogP contribution in [0.5, 0.6) is 0 Å². The standard InChI is InChI=1S/C12H12F3NO2/c13-12(14,15)10-2-1-3-11(9(10)7-17)16-5-4-8(18)6-16/h1-3,7-8,18H,4-6H2/t8-/m0/s1. The second-order valence-corrected chi connectivity index (χ2v) is 4.24. The summed E-state index contributed by atoms with van der Waals surface area (Å²) in [6, 6.07) is 3.63. The normalized spacial score (nSPS) is 20.2. The van der Waals surface area contributed by atoms with Crippen molar-refractivity contribution in [2.24, 2.45) is 0 Å². The summed E-state index contributed by atoms with van der Waals surface area (Å²) < 4.78 is 38.3. The van der Waals surface area contributed by atoms with Crippen molar-refractivity contribution >= 4 is 12.0 Å². The van der Waals surface area contributed by atoms with E-state index in [0.29, 0.717) is 13.0 Å². The Labute approximate surface area is 102 Å². The number of halogens is 3. The van der Waals surface area contributed by atoms with E-state index in [2.05, 4.69) is 0 Å². The van der Waals surface area contributed by atoms with E-state index in [9.17, 15) is 23.1 Å². The van der Waals surface area contributed by atoms with Crippen molar-refractivity contribution in [1.29, 1.82) is 0 Å². The number of carbonyl (C=O) groups is 1. The van der Waals surface area contributed by atoms with Crippen LogP contribution in [-0.2, 0) is 6.18 Å². The molecule has 1 aromatic carbocycles. The zero-order valence-electron chi connectivity index (χ0n) is 9.44. The first kappa shape index (κ1) is 12.9. The number of β-amino-alcohol motifs (C(OH)–C–C–N with tert-alkyl or cyclic N) is 1. The maximum Gasteiger partial charge on any atom is 0.417 e. The highest BCUT2D eigenvalue weighted by Gasteiger charge is 2.35. The van der Waals surface area contributed by atoms with Gasteiger partial charge in [0.2, 0.25) is 0 Å². The Morgan fingerprint density at radius 3 is 2.61 bits per heavy atom. The van der Waals surface area contributed by atoms with Gasteiger partial charge in [-0.3, -0.25) is 4.79 Å². The van der Waals surface area contributed by atoms with Crippen LogP contribution in [-0.4, -0.2) is 30.6 Å². The van der Waals surface area contributed by atoms with Crippen LogP contribution in [0.4, 0.5) is 18.9 Å². The monoisotopic (exact) mass is 259 g/mol. The second-order valence-electron chi connectivity index (χ2n) is 4.24. The average molecular weight is 259 g/mol. The quantitative estimate of drug-likeness (QED) is 0.827. The van der Waals surface area contributed by atoms with Gasteiger partial charge in [0.1, 0.15) is 0 Å². The molecule has 1 N–H and O–H groups in total. The van der Waals surface area contributed by atoms with E-state index in [0.717, 1.165) is 6.07 Å². The molecule has 0 aromatic heterocycles. The largest absolute Gasteiger partial charge is 0.417 e. The molecule has 1 fully saturated rings. The lowest BCUT2D eigenvalue weighted by Gasteiger charge is -2.22. The van der Waals surface area contributed by atoms with Crippen molar-refractivity contribution < 1.29 is 23.1 Å². The lowest BCUT2D eigenvalue weighted by molar-refractivity contribution is -0.137. The van der Waals surface area contributed by atoms with Gasteiger partial charge < -0.3 is 10.0 Å². The molecule has 0 spiro atoms. The topological polar surface area (TPSA) is 40.5 Å². The summed E-state index contributed by atoms with van der Waals surface area (Å²) in [5.41, 5.74) is -1.06. The van der Waals surface area contributed by atoms with Gasteiger partial charge in [-0.1, -0.05) is 6.07 Å². The van der Waals surface area contributed by atoms with Crippen molar-refractivity contribution in [3.63, 3.8) is 0 Å². The minimum Gasteiger partial charge on any atom is -0.391 e. The van der Waals surface area contributed by atoms with E-state index >= 15 is 0 Å². The van der Waals surface area contributed by atoms with Gasteiger partial charge in [0.05, 0.1) is 11.7 Å². The van der Waals surface area contributed by atoms with E-state index < -0.39 is 17.8 Å². The third-order valence-corrected chi connectivity index (χ3v) is 3.01. The van der Waals surface area contributed by atoms with Gasteiger partial charge >= 0.3 is 6.18 Å². The van der Waals surface area contributed by atoms with Crippen molar-refractivity contribution in [1.82, 2.24) is 0 Å². The summed E-state index contributed by atoms with van der Waals surface area (Å²) in [7, 11) is 0. The molecule has 6 heteroatoms. The highest BCUT2D eigenvalue weighted by atomic mass is 19.4. The van der Waals surface area contributed by atoms with Gasteiger partial charge in [0, 0.05) is 24.3 Å². The maximum atomic E-state index is 12.8. The van der Waals surface area contributed by atoms with Gasteiger partial charge in [0.25, 0.3) is 0 Å². The van der Waals surface area contributed by atoms with Crippen LogP contribution in [0.1, 0.15) is 22.3 Å². The van der Waals surface area contributed by atoms with E-state index in [1.807, 2.05) is 0 Å². The molecule has 1 heterocycles. The molecule has 0 saturated carbocycles. The Balaban J connectivity index is 2.45. The minimum absolute atomic E-state index is 0.225. The van der Waals surface area contributed by atoms with Crippen molar-refractivity contribution in [3.8, 4) is 0 Å². The predicted molar refractivity (Wildman–Crippen MR) is 59.7 cm³/mol. The van der Waals surface area contributed by atoms with Crippen molar-refractivity contribution in [3.05, 3.63) is 29.3 Å². The van der Waals surface area contributed by atoms with E-state index in [1.165, 1.54) is 12.1 Å². The molecule has 3 nitrogen and oxygen atoms in total. The Kier molecular flexibility index (Phi) is 3.30. The Morgan fingerprint density at radius 1 is 1.39 bits per heavy atom. The SMILES string of the molecule is O=Cc1c(N2CC[C@H](O)C2)cccc1C(F)(F)F. The number of carbonyl (C=O) groups excluding carboxylic acids is 1. The fraction of sp³-hybridized carbons (Fsp3) is 0.417. The molecule has 2 rings (SSSR count). The van der Waals surface area contributed by atoms with Crippen LogP contribution in [0.2, 0.25) is 0 Å². The van der Waals surface area contributed by atoms with Gasteiger partial charge in [-0.05, 0) is 18.6 Å². The first-order chi connectivity index (χ1) is 8.43. The van der Waals surface area contributed by atoms with E-state index in [1.54, 1.807) is 4.90 Å². The van der Waals surface area contributed by atoms with Gasteiger partial charge in [-0.15, -0.1) is 0 Å². The second kappa shape index (κ2) is 4.61. The molecular weight excluding hydrogens is 247 g/mol. The molecule has 0 bridgehead atoms. The number of benzene rings is 1. The summed E-state index contributed by atoms with van der Waals surface area (Å²) in [5, 5.41) is 9.40. The van der Waals surface area contributed by atoms with E-state index in [4.69, 9.17) is 0 Å². The number of hydrogen-bond donors (Lipinski definition) is 1. The number of nitrogens with zero attached hydrogens (tertiary/aromatic N) is 1. The minimum atomic E-state index is -4.55. The summed E-state index contributed by atoms with van der Waals surface area (Å²) in [4.78, 5) is 12.5. The maximum absolute atomic E-state index is 12.8. The molecule has 98 valence electrons. The molecule has 1 aliphatic rings. The number of aldehydes is 1. The summed E-state index contributed by atoms with van der Waals surface area (Å²) >= 11 is 0. The highest BCUT2D eigenvalue weighted by Crippen LogP contribution is 2.36. The number of rotatable bonds is 2. The summed E-state index contributed by atoms with van der Waals surface area (Å²) in [6.07, 6.45) is -4.39. The smallest absolute Gasteiger partial charge is 0.391 e. The zero-order valence-corrected chi connectivity index (χ0v) is 9.44. The van der Waals surface area contributed by atoms with Crippen LogP contribution in [0.3, 0.4) is 0 Å². The number of anilines is 1. The molecular formula is C12H12F3NO2. The van der Waals surface area contributed by atoms with Crippen LogP contribution in [0, 0.1) is 0 Å². The summed E-state index contributed by atoms with van der Waals surface area (Å²) in [5.74, 6) is 0. The lowest BCUT2D eigenvalue weighted by Crippen LogP contribution is -2.23. The lowest BCUT2D eigenvalue weighted by atomic mass is 10.1. The number of aliphatic hydroxyl groups excluding tert-OH is 1. The molecule has 0 unspecified atom stereocenters. The molecule has 1 aliphatic heterocycles. The molecule has 1 aromatic rings. The zero-order chi connectivity index (χ0) is 13.3. The Bertz CT molecular complexity index is 459. The number of hydrogen-bond acceptors (Lipinski definition) is 3. The number of alkyl halides is 3. The van der Waals surface area contributed by atoms with Crippen molar-refractivity contribution in [2.45, 2.75) is 18.7 Å². The molecule has 1 atom stereocenters. The molecule has 0 amide bonds. The predicted octanol–water partition coefficient (Wildman–Crippen LogP) is 2.09. The Morgan fingerprint density at radius 2 is 2.11 bits per heavy atom. The summed E-state index contributed by atoms with van der Waals surface area (Å²) in [6.45, 7) is 0.700. The molecule has 0 radical (unpaired) electrons. The average Bonchev–Trinajstić information content (AvgIpc) is 2.73. The van der Waals surface area contributed by atoms with Crippen LogP contribution >= 0.6 is 0 Å². The molecule has 0 aliphatic carbocycles. The molecule has 18 heavy (non-hydrogen) atoms. The van der Waals surface area contributed by atoms with Crippen LogP contribution in [0.15, 0.2) is 18.2 Å².